The third kappa shape index (κ3) is 8.01. The molecule has 6 nitrogen and oxygen atoms in total. The summed E-state index contributed by atoms with van der Waals surface area (Å²) >= 11 is 0. The SMILES string of the molecule is CCNC(=NCc1ccccc1F)NCCOc1ccc(S(C)(=O)=O)cc1.I. The Hall–Kier alpha value is -1.88. The third-order valence-corrected chi connectivity index (χ3v) is 4.75. The number of aliphatic imine (C=N–C) groups is 1. The van der Waals surface area contributed by atoms with Crippen LogP contribution in [0.5, 0.6) is 5.75 Å². The van der Waals surface area contributed by atoms with Gasteiger partial charge in [-0.05, 0) is 37.3 Å². The maximum Gasteiger partial charge on any atom is 0.191 e. The number of rotatable bonds is 8. The quantitative estimate of drug-likeness (QED) is 0.242. The molecule has 0 unspecified atom stereocenters. The van der Waals surface area contributed by atoms with E-state index in [1.54, 1.807) is 30.3 Å². The highest BCUT2D eigenvalue weighted by Crippen LogP contribution is 2.15. The van der Waals surface area contributed by atoms with Crippen molar-refractivity contribution in [2.75, 3.05) is 26.0 Å². The van der Waals surface area contributed by atoms with Gasteiger partial charge in [-0.3, -0.25) is 0 Å². The van der Waals surface area contributed by atoms with Crippen LogP contribution in [0.1, 0.15) is 12.5 Å². The number of guanidine groups is 1. The lowest BCUT2D eigenvalue weighted by Gasteiger charge is -2.12. The van der Waals surface area contributed by atoms with Crippen LogP contribution in [-0.4, -0.2) is 40.3 Å². The van der Waals surface area contributed by atoms with E-state index in [-0.39, 0.29) is 41.2 Å². The molecular formula is C19H25FIN3O3S. The van der Waals surface area contributed by atoms with Gasteiger partial charge in [-0.15, -0.1) is 24.0 Å². The first-order valence-electron chi connectivity index (χ1n) is 8.58. The van der Waals surface area contributed by atoms with E-state index in [4.69, 9.17) is 4.74 Å². The number of benzene rings is 2. The maximum atomic E-state index is 13.7. The second kappa shape index (κ2) is 11.8. The summed E-state index contributed by atoms with van der Waals surface area (Å²) in [5, 5.41) is 6.20. The molecule has 0 aliphatic carbocycles. The second-order valence-corrected chi connectivity index (χ2v) is 7.82. The van der Waals surface area contributed by atoms with Gasteiger partial charge in [0.1, 0.15) is 18.2 Å². The maximum absolute atomic E-state index is 13.7. The molecule has 0 aromatic heterocycles. The van der Waals surface area contributed by atoms with E-state index >= 15 is 0 Å². The van der Waals surface area contributed by atoms with Crippen molar-refractivity contribution < 1.29 is 17.5 Å². The zero-order valence-corrected chi connectivity index (χ0v) is 19.0. The summed E-state index contributed by atoms with van der Waals surface area (Å²) in [6.45, 7) is 3.70. The lowest BCUT2D eigenvalue weighted by Crippen LogP contribution is -2.39. The minimum atomic E-state index is -3.21. The van der Waals surface area contributed by atoms with Crippen molar-refractivity contribution in [3.8, 4) is 5.75 Å². The lowest BCUT2D eigenvalue weighted by molar-refractivity contribution is 0.321. The Balaban J connectivity index is 0.00000392. The summed E-state index contributed by atoms with van der Waals surface area (Å²) in [7, 11) is -3.21. The summed E-state index contributed by atoms with van der Waals surface area (Å²) in [5.74, 6) is 0.868. The number of hydrogen-bond acceptors (Lipinski definition) is 4. The minimum absolute atomic E-state index is 0. The topological polar surface area (TPSA) is 79.8 Å². The van der Waals surface area contributed by atoms with Gasteiger partial charge in [0.05, 0.1) is 18.0 Å². The van der Waals surface area contributed by atoms with Crippen LogP contribution < -0.4 is 15.4 Å². The first-order chi connectivity index (χ1) is 12.9. The number of nitrogens with zero attached hydrogens (tertiary/aromatic N) is 1. The largest absolute Gasteiger partial charge is 0.492 e. The molecule has 0 heterocycles. The van der Waals surface area contributed by atoms with Gasteiger partial charge in [0, 0.05) is 18.4 Å². The molecule has 2 aromatic rings. The lowest BCUT2D eigenvalue weighted by atomic mass is 10.2. The molecule has 0 aliphatic heterocycles. The fraction of sp³-hybridized carbons (Fsp3) is 0.316. The van der Waals surface area contributed by atoms with Gasteiger partial charge in [-0.25, -0.2) is 17.8 Å². The molecule has 0 bridgehead atoms. The summed E-state index contributed by atoms with van der Waals surface area (Å²) < 4.78 is 42.1. The van der Waals surface area contributed by atoms with Crippen molar-refractivity contribution in [3.05, 3.63) is 59.9 Å². The van der Waals surface area contributed by atoms with Crippen LogP contribution in [0, 0.1) is 5.82 Å². The van der Waals surface area contributed by atoms with Crippen molar-refractivity contribution in [1.29, 1.82) is 0 Å². The zero-order chi connectivity index (χ0) is 19.7. The third-order valence-electron chi connectivity index (χ3n) is 3.62. The Labute approximate surface area is 182 Å². The van der Waals surface area contributed by atoms with Crippen molar-refractivity contribution >= 4 is 39.8 Å². The van der Waals surface area contributed by atoms with Crippen LogP contribution in [0.15, 0.2) is 58.4 Å². The molecule has 0 aliphatic rings. The van der Waals surface area contributed by atoms with E-state index in [0.29, 0.717) is 37.0 Å². The monoisotopic (exact) mass is 521 g/mol. The van der Waals surface area contributed by atoms with Crippen LogP contribution in [0.2, 0.25) is 0 Å². The Bertz CT molecular complexity index is 874. The molecule has 28 heavy (non-hydrogen) atoms. The minimum Gasteiger partial charge on any atom is -0.492 e. The number of ether oxygens (including phenoxy) is 1. The molecule has 2 aromatic carbocycles. The van der Waals surface area contributed by atoms with Gasteiger partial charge in [0.25, 0.3) is 0 Å². The van der Waals surface area contributed by atoms with Crippen LogP contribution in [0.25, 0.3) is 0 Å². The van der Waals surface area contributed by atoms with E-state index in [0.717, 1.165) is 6.26 Å². The molecule has 0 saturated heterocycles. The summed E-state index contributed by atoms with van der Waals surface area (Å²) in [6, 6.07) is 12.8. The highest BCUT2D eigenvalue weighted by Gasteiger charge is 2.06. The first-order valence-corrected chi connectivity index (χ1v) is 10.5. The van der Waals surface area contributed by atoms with Gasteiger partial charge >= 0.3 is 0 Å². The smallest absolute Gasteiger partial charge is 0.191 e. The molecule has 0 fully saturated rings. The molecule has 154 valence electrons. The van der Waals surface area contributed by atoms with Gasteiger partial charge in [-0.1, -0.05) is 18.2 Å². The van der Waals surface area contributed by atoms with E-state index in [9.17, 15) is 12.8 Å². The molecule has 2 rings (SSSR count). The molecule has 0 spiro atoms. The van der Waals surface area contributed by atoms with Crippen molar-refractivity contribution in [2.45, 2.75) is 18.4 Å². The summed E-state index contributed by atoms with van der Waals surface area (Å²) in [4.78, 5) is 4.61. The van der Waals surface area contributed by atoms with Crippen LogP contribution in [-0.2, 0) is 16.4 Å². The Morgan fingerprint density at radius 3 is 2.39 bits per heavy atom. The van der Waals surface area contributed by atoms with E-state index in [1.807, 2.05) is 6.92 Å². The second-order valence-electron chi connectivity index (χ2n) is 5.81. The van der Waals surface area contributed by atoms with Crippen LogP contribution >= 0.6 is 24.0 Å². The number of nitrogens with one attached hydrogen (secondary N) is 2. The van der Waals surface area contributed by atoms with Crippen molar-refractivity contribution in [3.63, 3.8) is 0 Å². The van der Waals surface area contributed by atoms with E-state index in [2.05, 4.69) is 15.6 Å². The fourth-order valence-electron chi connectivity index (χ4n) is 2.25. The van der Waals surface area contributed by atoms with Crippen molar-refractivity contribution in [1.82, 2.24) is 10.6 Å². The van der Waals surface area contributed by atoms with Crippen molar-refractivity contribution in [2.24, 2.45) is 4.99 Å². The number of halogens is 2. The molecule has 0 atom stereocenters. The predicted octanol–water partition coefficient (Wildman–Crippen LogP) is 2.98. The molecule has 0 saturated carbocycles. The van der Waals surface area contributed by atoms with Gasteiger partial charge < -0.3 is 15.4 Å². The highest BCUT2D eigenvalue weighted by molar-refractivity contribution is 14.0. The zero-order valence-electron chi connectivity index (χ0n) is 15.8. The molecule has 0 radical (unpaired) electrons. The first kappa shape index (κ1) is 24.2. The standard InChI is InChI=1S/C19H24FN3O3S.HI/c1-3-21-19(23-14-15-6-4-5-7-18(15)20)22-12-13-26-16-8-10-17(11-9-16)27(2,24)25;/h4-11H,3,12-14H2,1-2H3,(H2,21,22,23);1H. The highest BCUT2D eigenvalue weighted by atomic mass is 127. The van der Waals surface area contributed by atoms with Gasteiger partial charge in [-0.2, -0.15) is 0 Å². The van der Waals surface area contributed by atoms with E-state index < -0.39 is 9.84 Å². The van der Waals surface area contributed by atoms with Crippen LogP contribution in [0.4, 0.5) is 4.39 Å². The normalized spacial score (nSPS) is 11.5. The number of hydrogen-bond donors (Lipinski definition) is 2. The van der Waals surface area contributed by atoms with Gasteiger partial charge in [0.2, 0.25) is 0 Å². The number of sulfone groups is 1. The average Bonchev–Trinajstić information content (AvgIpc) is 2.64. The van der Waals surface area contributed by atoms with Crippen LogP contribution in [0.3, 0.4) is 0 Å². The predicted molar refractivity (Wildman–Crippen MR) is 120 cm³/mol. The fourth-order valence-corrected chi connectivity index (χ4v) is 2.88. The van der Waals surface area contributed by atoms with E-state index in [1.165, 1.54) is 18.2 Å². The summed E-state index contributed by atoms with van der Waals surface area (Å²) in [5.41, 5.74) is 0.525. The molecule has 2 N–H and O–H groups in total. The Morgan fingerprint density at radius 1 is 1.11 bits per heavy atom. The molecule has 9 heteroatoms. The molecular weight excluding hydrogens is 496 g/mol. The Kier molecular flexibility index (Phi) is 10.2. The summed E-state index contributed by atoms with van der Waals surface area (Å²) in [6.07, 6.45) is 1.16. The Morgan fingerprint density at radius 2 is 1.79 bits per heavy atom. The van der Waals surface area contributed by atoms with Gasteiger partial charge in [0.15, 0.2) is 15.8 Å². The average molecular weight is 521 g/mol. The molecule has 0 amide bonds.